The Morgan fingerprint density at radius 3 is 2.79 bits per heavy atom. The van der Waals surface area contributed by atoms with E-state index in [0.717, 1.165) is 41.5 Å². The van der Waals surface area contributed by atoms with Crippen LogP contribution in [-0.2, 0) is 17.8 Å². The van der Waals surface area contributed by atoms with Crippen LogP contribution < -0.4 is 0 Å². The van der Waals surface area contributed by atoms with Crippen LogP contribution in [0.5, 0.6) is 0 Å². The Morgan fingerprint density at radius 2 is 2.00 bits per heavy atom. The molecule has 0 saturated heterocycles. The Bertz CT molecular complexity index is 795. The highest BCUT2D eigenvalue weighted by Crippen LogP contribution is 2.19. The van der Waals surface area contributed by atoms with Crippen LogP contribution >= 0.6 is 0 Å². The number of nitrogens with zero attached hydrogens (tertiary/aromatic N) is 2. The van der Waals surface area contributed by atoms with Gasteiger partial charge in [0.1, 0.15) is 0 Å². The molecule has 124 valence electrons. The second kappa shape index (κ2) is 7.77. The monoisotopic (exact) mass is 321 g/mol. The molecular weight excluding hydrogens is 298 g/mol. The molecule has 0 unspecified atom stereocenters. The lowest BCUT2D eigenvalue weighted by Gasteiger charge is -2.22. The fraction of sp³-hybridized carbons (Fsp3) is 0.300. The summed E-state index contributed by atoms with van der Waals surface area (Å²) in [6.45, 7) is 3.49. The zero-order valence-electron chi connectivity index (χ0n) is 14.0. The molecule has 2 aromatic heterocycles. The average molecular weight is 321 g/mol. The minimum Gasteiger partial charge on any atom is -0.361 e. The van der Waals surface area contributed by atoms with Crippen molar-refractivity contribution in [3.8, 4) is 0 Å². The summed E-state index contributed by atoms with van der Waals surface area (Å²) in [5.74, 6) is 0.152. The van der Waals surface area contributed by atoms with E-state index in [2.05, 4.69) is 23.0 Å². The summed E-state index contributed by atoms with van der Waals surface area (Å²) < 4.78 is 0. The van der Waals surface area contributed by atoms with Crippen molar-refractivity contribution < 1.29 is 4.79 Å². The standard InChI is InChI=1S/C20H23N3O/c1-2-3-12-23(15-17-8-6-7-11-21-17)20(24)13-16-14-22-19-10-5-4-9-18(16)19/h4-11,14,22H,2-3,12-13,15H2,1H3. The topological polar surface area (TPSA) is 49.0 Å². The van der Waals surface area contributed by atoms with Crippen LogP contribution in [0.25, 0.3) is 10.9 Å². The molecule has 4 nitrogen and oxygen atoms in total. The number of unbranched alkanes of at least 4 members (excludes halogenated alkanes) is 1. The number of para-hydroxylation sites is 1. The number of rotatable bonds is 7. The normalized spacial score (nSPS) is 10.9. The molecule has 0 saturated carbocycles. The first-order valence-electron chi connectivity index (χ1n) is 8.50. The van der Waals surface area contributed by atoms with Gasteiger partial charge in [0.2, 0.25) is 5.91 Å². The van der Waals surface area contributed by atoms with Crippen LogP contribution in [0.2, 0.25) is 0 Å². The van der Waals surface area contributed by atoms with Crippen LogP contribution in [0.4, 0.5) is 0 Å². The number of aromatic amines is 1. The number of hydrogen-bond donors (Lipinski definition) is 1. The molecular formula is C20H23N3O. The number of H-pyrrole nitrogens is 1. The largest absolute Gasteiger partial charge is 0.361 e. The maximum atomic E-state index is 12.8. The van der Waals surface area contributed by atoms with Gasteiger partial charge in [0, 0.05) is 29.8 Å². The van der Waals surface area contributed by atoms with Gasteiger partial charge in [0.15, 0.2) is 0 Å². The highest BCUT2D eigenvalue weighted by Gasteiger charge is 2.16. The van der Waals surface area contributed by atoms with Crippen molar-refractivity contribution in [2.24, 2.45) is 0 Å². The first-order valence-corrected chi connectivity index (χ1v) is 8.50. The van der Waals surface area contributed by atoms with Crippen LogP contribution in [0, 0.1) is 0 Å². The van der Waals surface area contributed by atoms with Crippen molar-refractivity contribution in [1.82, 2.24) is 14.9 Å². The summed E-state index contributed by atoms with van der Waals surface area (Å²) in [6.07, 6.45) is 6.21. The molecule has 0 atom stereocenters. The van der Waals surface area contributed by atoms with Gasteiger partial charge in [0.25, 0.3) is 0 Å². The van der Waals surface area contributed by atoms with E-state index < -0.39 is 0 Å². The van der Waals surface area contributed by atoms with Crippen molar-refractivity contribution in [3.05, 3.63) is 66.1 Å². The summed E-state index contributed by atoms with van der Waals surface area (Å²) in [5.41, 5.74) is 3.06. The first-order chi connectivity index (χ1) is 11.8. The summed E-state index contributed by atoms with van der Waals surface area (Å²) in [6, 6.07) is 13.9. The van der Waals surface area contributed by atoms with Gasteiger partial charge in [-0.1, -0.05) is 37.6 Å². The molecule has 1 amide bonds. The summed E-state index contributed by atoms with van der Waals surface area (Å²) in [7, 11) is 0. The van der Waals surface area contributed by atoms with Gasteiger partial charge in [-0.2, -0.15) is 0 Å². The molecule has 0 radical (unpaired) electrons. The van der Waals surface area contributed by atoms with Gasteiger partial charge in [-0.25, -0.2) is 0 Å². The number of carbonyl (C=O) groups excluding carboxylic acids is 1. The number of benzene rings is 1. The molecule has 1 aromatic carbocycles. The van der Waals surface area contributed by atoms with Crippen molar-refractivity contribution in [3.63, 3.8) is 0 Å². The third-order valence-electron chi connectivity index (χ3n) is 4.23. The van der Waals surface area contributed by atoms with E-state index in [1.165, 1.54) is 0 Å². The molecule has 3 rings (SSSR count). The zero-order valence-corrected chi connectivity index (χ0v) is 14.0. The van der Waals surface area contributed by atoms with Crippen LogP contribution in [-0.4, -0.2) is 27.3 Å². The number of carbonyl (C=O) groups is 1. The highest BCUT2D eigenvalue weighted by molar-refractivity contribution is 5.88. The Kier molecular flexibility index (Phi) is 5.26. The lowest BCUT2D eigenvalue weighted by atomic mass is 10.1. The Hall–Kier alpha value is -2.62. The van der Waals surface area contributed by atoms with E-state index in [0.29, 0.717) is 13.0 Å². The van der Waals surface area contributed by atoms with Gasteiger partial charge in [0.05, 0.1) is 18.7 Å². The molecule has 4 heteroatoms. The molecule has 1 N–H and O–H groups in total. The average Bonchev–Trinajstić information content (AvgIpc) is 3.02. The first kappa shape index (κ1) is 16.2. The van der Waals surface area contributed by atoms with E-state index >= 15 is 0 Å². The predicted octanol–water partition coefficient (Wildman–Crippen LogP) is 3.93. The molecule has 0 aliphatic rings. The highest BCUT2D eigenvalue weighted by atomic mass is 16.2. The number of amides is 1. The van der Waals surface area contributed by atoms with E-state index in [4.69, 9.17) is 0 Å². The minimum atomic E-state index is 0.152. The maximum Gasteiger partial charge on any atom is 0.227 e. The molecule has 0 aliphatic carbocycles. The molecule has 24 heavy (non-hydrogen) atoms. The SMILES string of the molecule is CCCCN(Cc1ccccn1)C(=O)Cc1c[nH]c2ccccc12. The van der Waals surface area contributed by atoms with Crippen molar-refractivity contribution in [1.29, 1.82) is 0 Å². The van der Waals surface area contributed by atoms with Gasteiger partial charge in [-0.05, 0) is 30.2 Å². The second-order valence-electron chi connectivity index (χ2n) is 6.03. The molecule has 0 spiro atoms. The maximum absolute atomic E-state index is 12.8. The number of aromatic nitrogens is 2. The Balaban J connectivity index is 1.75. The number of fused-ring (bicyclic) bond motifs is 1. The molecule has 0 fully saturated rings. The summed E-state index contributed by atoms with van der Waals surface area (Å²) in [4.78, 5) is 22.4. The predicted molar refractivity (Wildman–Crippen MR) is 96.6 cm³/mol. The number of hydrogen-bond acceptors (Lipinski definition) is 2. The Morgan fingerprint density at radius 1 is 1.17 bits per heavy atom. The van der Waals surface area contributed by atoms with Gasteiger partial charge >= 0.3 is 0 Å². The van der Waals surface area contributed by atoms with E-state index in [-0.39, 0.29) is 5.91 Å². The second-order valence-corrected chi connectivity index (χ2v) is 6.03. The van der Waals surface area contributed by atoms with Crippen LogP contribution in [0.1, 0.15) is 31.0 Å². The van der Waals surface area contributed by atoms with Gasteiger partial charge in [-0.15, -0.1) is 0 Å². The lowest BCUT2D eigenvalue weighted by molar-refractivity contribution is -0.131. The van der Waals surface area contributed by atoms with E-state index in [9.17, 15) is 4.79 Å². The Labute approximate surface area is 142 Å². The summed E-state index contributed by atoms with van der Waals surface area (Å²) >= 11 is 0. The van der Waals surface area contributed by atoms with E-state index in [1.807, 2.05) is 47.5 Å². The smallest absolute Gasteiger partial charge is 0.227 e. The summed E-state index contributed by atoms with van der Waals surface area (Å²) in [5, 5.41) is 1.12. The fourth-order valence-corrected chi connectivity index (χ4v) is 2.88. The van der Waals surface area contributed by atoms with Crippen LogP contribution in [0.15, 0.2) is 54.9 Å². The molecule has 3 aromatic rings. The molecule has 2 heterocycles. The lowest BCUT2D eigenvalue weighted by Crippen LogP contribution is -2.33. The van der Waals surface area contributed by atoms with Gasteiger partial charge < -0.3 is 9.88 Å². The number of pyridine rings is 1. The van der Waals surface area contributed by atoms with Gasteiger partial charge in [-0.3, -0.25) is 9.78 Å². The van der Waals surface area contributed by atoms with Crippen molar-refractivity contribution in [2.45, 2.75) is 32.7 Å². The third-order valence-corrected chi connectivity index (χ3v) is 4.23. The van der Waals surface area contributed by atoms with Crippen LogP contribution in [0.3, 0.4) is 0 Å². The van der Waals surface area contributed by atoms with Crippen molar-refractivity contribution in [2.75, 3.05) is 6.54 Å². The third kappa shape index (κ3) is 3.82. The molecule has 0 aliphatic heterocycles. The minimum absolute atomic E-state index is 0.152. The molecule has 0 bridgehead atoms. The van der Waals surface area contributed by atoms with E-state index in [1.54, 1.807) is 6.20 Å². The fourth-order valence-electron chi connectivity index (χ4n) is 2.88. The zero-order chi connectivity index (χ0) is 16.8. The van der Waals surface area contributed by atoms with Crippen molar-refractivity contribution >= 4 is 16.8 Å². The number of nitrogens with one attached hydrogen (secondary N) is 1. The quantitative estimate of drug-likeness (QED) is 0.716.